The number of hydrogen-bond donors (Lipinski definition) is 0. The Hall–Kier alpha value is -2.49. The van der Waals surface area contributed by atoms with Crippen molar-refractivity contribution in [1.29, 1.82) is 0 Å². The molecule has 2 rings (SSSR count). The smallest absolute Gasteiger partial charge is 0.493 e. The fraction of sp³-hybridized carbons (Fsp3) is 0.500. The molecule has 1 atom stereocenters. The minimum atomic E-state index is -0.640. The number of hydrogen-bond acceptors (Lipinski definition) is 4. The van der Waals surface area contributed by atoms with Crippen molar-refractivity contribution in [3.8, 4) is 22.6 Å². The van der Waals surface area contributed by atoms with Crippen molar-refractivity contribution < 1.29 is 19.0 Å². The molecule has 0 radical (unpaired) electrons. The first-order chi connectivity index (χ1) is 14.6. The van der Waals surface area contributed by atoms with Crippen molar-refractivity contribution in [2.45, 2.75) is 65.7 Å². The van der Waals surface area contributed by atoms with E-state index in [-0.39, 0.29) is 0 Å². The molecule has 0 aliphatic rings. The van der Waals surface area contributed by atoms with Crippen LogP contribution in [0, 0.1) is 5.92 Å². The fourth-order valence-corrected chi connectivity index (χ4v) is 2.98. The molecule has 4 nitrogen and oxygen atoms in total. The molecule has 164 valence electrons. The molecule has 2 aromatic carbocycles. The van der Waals surface area contributed by atoms with Gasteiger partial charge in [-0.2, -0.15) is 0 Å². The van der Waals surface area contributed by atoms with E-state index in [0.29, 0.717) is 18.3 Å². The van der Waals surface area contributed by atoms with Gasteiger partial charge in [-0.3, -0.25) is 0 Å². The predicted molar refractivity (Wildman–Crippen MR) is 122 cm³/mol. The molecule has 0 amide bonds. The molecule has 1 unspecified atom stereocenters. The molecule has 0 aliphatic heterocycles. The topological polar surface area (TPSA) is 44.8 Å². The molecular weight excluding hydrogens is 376 g/mol. The highest BCUT2D eigenvalue weighted by Crippen LogP contribution is 2.25. The van der Waals surface area contributed by atoms with Gasteiger partial charge in [0.2, 0.25) is 0 Å². The number of rotatable bonds is 13. The second-order valence-corrected chi connectivity index (χ2v) is 7.84. The SMILES string of the molecule is CCCCCCCCOC(=O)Oc1ccc(-c2ccc(OCC(C)CC)cc2)cc1. The van der Waals surface area contributed by atoms with Crippen LogP contribution >= 0.6 is 0 Å². The van der Waals surface area contributed by atoms with Crippen molar-refractivity contribution in [2.75, 3.05) is 13.2 Å². The van der Waals surface area contributed by atoms with Crippen LogP contribution in [0.4, 0.5) is 4.79 Å². The van der Waals surface area contributed by atoms with E-state index in [4.69, 9.17) is 14.2 Å². The molecule has 0 N–H and O–H groups in total. The number of carbonyl (C=O) groups is 1. The maximum Gasteiger partial charge on any atom is 0.513 e. The molecule has 0 saturated heterocycles. The maximum absolute atomic E-state index is 11.8. The summed E-state index contributed by atoms with van der Waals surface area (Å²) in [6, 6.07) is 15.5. The van der Waals surface area contributed by atoms with Gasteiger partial charge in [0.25, 0.3) is 0 Å². The Morgan fingerprint density at radius 1 is 0.800 bits per heavy atom. The van der Waals surface area contributed by atoms with Crippen molar-refractivity contribution >= 4 is 6.16 Å². The fourth-order valence-electron chi connectivity index (χ4n) is 2.98. The lowest BCUT2D eigenvalue weighted by molar-refractivity contribution is 0.0973. The van der Waals surface area contributed by atoms with Crippen molar-refractivity contribution in [2.24, 2.45) is 5.92 Å². The Labute approximate surface area is 181 Å². The van der Waals surface area contributed by atoms with Gasteiger partial charge in [0, 0.05) is 0 Å². The molecule has 0 fully saturated rings. The van der Waals surface area contributed by atoms with Gasteiger partial charge in [0.05, 0.1) is 13.2 Å². The van der Waals surface area contributed by atoms with Crippen LogP contribution in [0.1, 0.15) is 65.7 Å². The van der Waals surface area contributed by atoms with E-state index in [9.17, 15) is 4.79 Å². The van der Waals surface area contributed by atoms with Gasteiger partial charge in [0.1, 0.15) is 11.5 Å². The zero-order chi connectivity index (χ0) is 21.6. The summed E-state index contributed by atoms with van der Waals surface area (Å²) in [5.74, 6) is 1.92. The predicted octanol–water partition coefficient (Wildman–Crippen LogP) is 7.65. The lowest BCUT2D eigenvalue weighted by atomic mass is 10.1. The van der Waals surface area contributed by atoms with E-state index in [2.05, 4.69) is 20.8 Å². The molecule has 30 heavy (non-hydrogen) atoms. The van der Waals surface area contributed by atoms with E-state index < -0.39 is 6.16 Å². The first-order valence-electron chi connectivity index (χ1n) is 11.3. The van der Waals surface area contributed by atoms with Crippen LogP contribution in [0.5, 0.6) is 11.5 Å². The van der Waals surface area contributed by atoms with Crippen molar-refractivity contribution in [3.63, 3.8) is 0 Å². The summed E-state index contributed by atoms with van der Waals surface area (Å²) in [5.41, 5.74) is 2.14. The summed E-state index contributed by atoms with van der Waals surface area (Å²) in [7, 11) is 0. The molecular formula is C26H36O4. The minimum absolute atomic E-state index is 0.411. The Kier molecular flexibility index (Phi) is 10.8. The van der Waals surface area contributed by atoms with Crippen LogP contribution in [-0.2, 0) is 4.74 Å². The van der Waals surface area contributed by atoms with Crippen LogP contribution < -0.4 is 9.47 Å². The summed E-state index contributed by atoms with van der Waals surface area (Å²) in [6.45, 7) is 7.69. The minimum Gasteiger partial charge on any atom is -0.493 e. The van der Waals surface area contributed by atoms with E-state index in [0.717, 1.165) is 42.7 Å². The van der Waals surface area contributed by atoms with Gasteiger partial charge in [0.15, 0.2) is 0 Å². The summed E-state index contributed by atoms with van der Waals surface area (Å²) in [6.07, 6.45) is 7.39. The summed E-state index contributed by atoms with van der Waals surface area (Å²) in [4.78, 5) is 11.8. The van der Waals surface area contributed by atoms with Crippen LogP contribution in [-0.4, -0.2) is 19.4 Å². The largest absolute Gasteiger partial charge is 0.513 e. The normalized spacial score (nSPS) is 11.7. The van der Waals surface area contributed by atoms with Crippen LogP contribution in [0.25, 0.3) is 11.1 Å². The highest BCUT2D eigenvalue weighted by molar-refractivity contribution is 5.67. The van der Waals surface area contributed by atoms with Gasteiger partial charge in [-0.15, -0.1) is 0 Å². The van der Waals surface area contributed by atoms with Gasteiger partial charge in [-0.25, -0.2) is 4.79 Å². The quantitative estimate of drug-likeness (QED) is 0.192. The maximum atomic E-state index is 11.8. The molecule has 0 bridgehead atoms. The van der Waals surface area contributed by atoms with Gasteiger partial charge < -0.3 is 14.2 Å². The van der Waals surface area contributed by atoms with E-state index in [1.807, 2.05) is 36.4 Å². The van der Waals surface area contributed by atoms with Gasteiger partial charge >= 0.3 is 6.16 Å². The third kappa shape index (κ3) is 8.89. The van der Waals surface area contributed by atoms with E-state index in [1.54, 1.807) is 12.1 Å². The number of ether oxygens (including phenoxy) is 3. The highest BCUT2D eigenvalue weighted by Gasteiger charge is 2.07. The highest BCUT2D eigenvalue weighted by atomic mass is 16.7. The first-order valence-corrected chi connectivity index (χ1v) is 11.3. The Balaban J connectivity index is 1.74. The summed E-state index contributed by atoms with van der Waals surface area (Å²) in [5, 5.41) is 0. The average Bonchev–Trinajstić information content (AvgIpc) is 2.77. The number of benzene rings is 2. The molecule has 4 heteroatoms. The lowest BCUT2D eigenvalue weighted by Gasteiger charge is -2.11. The summed E-state index contributed by atoms with van der Waals surface area (Å²) < 4.78 is 16.2. The molecule has 0 spiro atoms. The number of carbonyl (C=O) groups excluding carboxylic acids is 1. The third-order valence-corrected chi connectivity index (χ3v) is 5.19. The summed E-state index contributed by atoms with van der Waals surface area (Å²) >= 11 is 0. The Morgan fingerprint density at radius 2 is 1.37 bits per heavy atom. The van der Waals surface area contributed by atoms with E-state index >= 15 is 0 Å². The standard InChI is InChI=1S/C26H36O4/c1-4-6-7-8-9-10-19-28-26(27)30-25-17-13-23(14-18-25)22-11-15-24(16-12-22)29-20-21(3)5-2/h11-18,21H,4-10,19-20H2,1-3H3. The van der Waals surface area contributed by atoms with Crippen LogP contribution in [0.15, 0.2) is 48.5 Å². The zero-order valence-electron chi connectivity index (χ0n) is 18.7. The van der Waals surface area contributed by atoms with Crippen LogP contribution in [0.3, 0.4) is 0 Å². The molecule has 0 heterocycles. The van der Waals surface area contributed by atoms with Gasteiger partial charge in [-0.05, 0) is 47.7 Å². The zero-order valence-corrected chi connectivity index (χ0v) is 18.7. The van der Waals surface area contributed by atoms with Crippen molar-refractivity contribution in [1.82, 2.24) is 0 Å². The molecule has 0 aromatic heterocycles. The monoisotopic (exact) mass is 412 g/mol. The molecule has 0 aliphatic carbocycles. The van der Waals surface area contributed by atoms with Crippen molar-refractivity contribution in [3.05, 3.63) is 48.5 Å². The number of unbranched alkanes of at least 4 members (excludes halogenated alkanes) is 5. The molecule has 0 saturated carbocycles. The Morgan fingerprint density at radius 3 is 1.97 bits per heavy atom. The van der Waals surface area contributed by atoms with Crippen LogP contribution in [0.2, 0.25) is 0 Å². The lowest BCUT2D eigenvalue weighted by Crippen LogP contribution is -2.11. The van der Waals surface area contributed by atoms with E-state index in [1.165, 1.54) is 25.7 Å². The van der Waals surface area contributed by atoms with Gasteiger partial charge in [-0.1, -0.05) is 83.6 Å². The average molecular weight is 413 g/mol. The second-order valence-electron chi connectivity index (χ2n) is 7.84. The third-order valence-electron chi connectivity index (χ3n) is 5.19. The molecule has 2 aromatic rings. The Bertz CT molecular complexity index is 722. The second kappa shape index (κ2) is 13.7. The first kappa shape index (κ1) is 23.8.